The van der Waals surface area contributed by atoms with Crippen LogP contribution in [0.15, 0.2) is 27.8 Å². The average Bonchev–Trinajstić information content (AvgIpc) is 2.16. The summed E-state index contributed by atoms with van der Waals surface area (Å²) >= 11 is 4.76. The van der Waals surface area contributed by atoms with Crippen LogP contribution in [0.5, 0.6) is 0 Å². The molecule has 0 radical (unpaired) electrons. The Balaban J connectivity index is 2.66. The molecule has 6 heteroatoms. The first-order valence-electron chi connectivity index (χ1n) is 4.25. The maximum absolute atomic E-state index is 11.0. The molecule has 0 aromatic carbocycles. The summed E-state index contributed by atoms with van der Waals surface area (Å²) in [7, 11) is 0. The van der Waals surface area contributed by atoms with Crippen molar-refractivity contribution in [1.82, 2.24) is 4.98 Å². The lowest BCUT2D eigenvalue weighted by Gasteiger charge is -2.19. The highest BCUT2D eigenvalue weighted by molar-refractivity contribution is 9.10. The Bertz CT molecular complexity index is 370. The van der Waals surface area contributed by atoms with Crippen LogP contribution in [-0.4, -0.2) is 22.2 Å². The fraction of sp³-hybridized carbons (Fsp3) is 0.333. The number of pyridine rings is 1. The van der Waals surface area contributed by atoms with Crippen molar-refractivity contribution in [3.8, 4) is 0 Å². The van der Waals surface area contributed by atoms with Crippen LogP contribution in [0.3, 0.4) is 0 Å². The van der Waals surface area contributed by atoms with Gasteiger partial charge in [-0.2, -0.15) is 0 Å². The molecule has 1 rings (SSSR count). The van der Waals surface area contributed by atoms with E-state index in [1.54, 1.807) is 13.1 Å². The normalized spacial score (nSPS) is 14.6. The predicted octanol–water partition coefficient (Wildman–Crippen LogP) is 1.14. The maximum Gasteiger partial charge on any atom is 0.238 e. The number of halogens is 1. The predicted molar refractivity (Wildman–Crippen MR) is 64.4 cm³/mol. The fourth-order valence-electron chi connectivity index (χ4n) is 0.767. The van der Waals surface area contributed by atoms with Crippen LogP contribution in [0.2, 0.25) is 0 Å². The number of carbonyl (C=O) groups excluding carboxylic acids is 1. The quantitative estimate of drug-likeness (QED) is 0.815. The number of nitrogens with two attached hydrogens (primary N) is 2. The van der Waals surface area contributed by atoms with Gasteiger partial charge in [-0.3, -0.25) is 4.79 Å². The monoisotopic (exact) mass is 289 g/mol. The molecule has 1 atom stereocenters. The number of rotatable bonds is 4. The van der Waals surface area contributed by atoms with E-state index >= 15 is 0 Å². The molecule has 0 spiro atoms. The third-order valence-corrected chi connectivity index (χ3v) is 4.04. The Morgan fingerprint density at radius 3 is 2.93 bits per heavy atom. The van der Waals surface area contributed by atoms with Gasteiger partial charge in [0.15, 0.2) is 0 Å². The SMILES string of the molecule is CC(N)(CSc1ncccc1Br)C(N)=O. The van der Waals surface area contributed by atoms with Crippen molar-refractivity contribution in [2.24, 2.45) is 11.5 Å². The standard InChI is InChI=1S/C9H12BrN3OS/c1-9(12,8(11)14)5-15-7-6(10)3-2-4-13-7/h2-4H,5,12H2,1H3,(H2,11,14). The Kier molecular flexibility index (Phi) is 4.12. The van der Waals surface area contributed by atoms with Crippen molar-refractivity contribution >= 4 is 33.6 Å². The molecule has 0 aliphatic carbocycles. The Hall–Kier alpha value is -0.590. The van der Waals surface area contributed by atoms with E-state index < -0.39 is 11.4 Å². The van der Waals surface area contributed by atoms with Gasteiger partial charge in [-0.25, -0.2) is 4.98 Å². The smallest absolute Gasteiger partial charge is 0.238 e. The highest BCUT2D eigenvalue weighted by atomic mass is 79.9. The second-order valence-corrected chi connectivity index (χ2v) is 5.18. The lowest BCUT2D eigenvalue weighted by atomic mass is 10.1. The third-order valence-electron chi connectivity index (χ3n) is 1.80. The largest absolute Gasteiger partial charge is 0.368 e. The third kappa shape index (κ3) is 3.48. The summed E-state index contributed by atoms with van der Waals surface area (Å²) in [5.74, 6) is -0.111. The van der Waals surface area contributed by atoms with Gasteiger partial charge in [0, 0.05) is 16.4 Å². The summed E-state index contributed by atoms with van der Waals surface area (Å²) < 4.78 is 0.885. The van der Waals surface area contributed by atoms with Gasteiger partial charge in [0.1, 0.15) is 10.6 Å². The number of amides is 1. The van der Waals surface area contributed by atoms with Crippen LogP contribution < -0.4 is 11.5 Å². The highest BCUT2D eigenvalue weighted by Gasteiger charge is 2.26. The van der Waals surface area contributed by atoms with Crippen LogP contribution in [0, 0.1) is 0 Å². The number of nitrogens with zero attached hydrogens (tertiary/aromatic N) is 1. The van der Waals surface area contributed by atoms with E-state index in [9.17, 15) is 4.79 Å². The molecule has 0 saturated carbocycles. The first-order chi connectivity index (χ1) is 6.93. The van der Waals surface area contributed by atoms with Crippen molar-refractivity contribution in [2.45, 2.75) is 17.5 Å². The van der Waals surface area contributed by atoms with Gasteiger partial charge >= 0.3 is 0 Å². The molecule has 1 amide bonds. The summed E-state index contributed by atoms with van der Waals surface area (Å²) in [4.78, 5) is 15.1. The second kappa shape index (κ2) is 4.96. The second-order valence-electron chi connectivity index (χ2n) is 3.36. The van der Waals surface area contributed by atoms with Crippen molar-refractivity contribution in [3.63, 3.8) is 0 Å². The van der Waals surface area contributed by atoms with Crippen molar-refractivity contribution in [3.05, 3.63) is 22.8 Å². The maximum atomic E-state index is 11.0. The molecular weight excluding hydrogens is 278 g/mol. The molecule has 1 unspecified atom stereocenters. The molecule has 0 aliphatic heterocycles. The van der Waals surface area contributed by atoms with Gasteiger partial charge < -0.3 is 11.5 Å². The molecule has 15 heavy (non-hydrogen) atoms. The topological polar surface area (TPSA) is 82.0 Å². The van der Waals surface area contributed by atoms with Crippen molar-refractivity contribution < 1.29 is 4.79 Å². The van der Waals surface area contributed by atoms with Gasteiger partial charge in [-0.15, -0.1) is 11.8 Å². The Morgan fingerprint density at radius 1 is 1.73 bits per heavy atom. The first kappa shape index (κ1) is 12.5. The van der Waals surface area contributed by atoms with Gasteiger partial charge in [0.05, 0.1) is 0 Å². The first-order valence-corrected chi connectivity index (χ1v) is 6.03. The lowest BCUT2D eigenvalue weighted by molar-refractivity contribution is -0.121. The molecule has 1 aromatic heterocycles. The number of hydrogen-bond acceptors (Lipinski definition) is 4. The van der Waals surface area contributed by atoms with Crippen LogP contribution >= 0.6 is 27.7 Å². The van der Waals surface area contributed by atoms with Gasteiger partial charge in [0.2, 0.25) is 5.91 Å². The van der Waals surface area contributed by atoms with Crippen molar-refractivity contribution in [2.75, 3.05) is 5.75 Å². The minimum absolute atomic E-state index is 0.401. The minimum atomic E-state index is -1.01. The molecule has 0 fully saturated rings. The molecule has 82 valence electrons. The van der Waals surface area contributed by atoms with Gasteiger partial charge in [-0.05, 0) is 35.0 Å². The van der Waals surface area contributed by atoms with Gasteiger partial charge in [0.25, 0.3) is 0 Å². The number of hydrogen-bond donors (Lipinski definition) is 2. The zero-order valence-corrected chi connectivity index (χ0v) is 10.6. The van der Waals surface area contributed by atoms with E-state index in [0.717, 1.165) is 9.50 Å². The van der Waals surface area contributed by atoms with E-state index in [1.807, 2.05) is 12.1 Å². The van der Waals surface area contributed by atoms with Crippen LogP contribution in [0.4, 0.5) is 0 Å². The Labute approximate surface area is 101 Å². The summed E-state index contributed by atoms with van der Waals surface area (Å²) in [6.07, 6.45) is 1.69. The molecule has 4 N–H and O–H groups in total. The van der Waals surface area contributed by atoms with E-state index in [1.165, 1.54) is 11.8 Å². The zero-order chi connectivity index (χ0) is 11.5. The molecular formula is C9H12BrN3OS. The highest BCUT2D eigenvalue weighted by Crippen LogP contribution is 2.26. The van der Waals surface area contributed by atoms with Crippen molar-refractivity contribution in [1.29, 1.82) is 0 Å². The number of primary amides is 1. The minimum Gasteiger partial charge on any atom is -0.368 e. The van der Waals surface area contributed by atoms with Crippen LogP contribution in [-0.2, 0) is 4.79 Å². The van der Waals surface area contributed by atoms with E-state index in [0.29, 0.717) is 5.75 Å². The fourth-order valence-corrected chi connectivity index (χ4v) is 2.29. The Morgan fingerprint density at radius 2 is 2.40 bits per heavy atom. The summed E-state index contributed by atoms with van der Waals surface area (Å²) in [6, 6.07) is 3.71. The number of aromatic nitrogens is 1. The molecule has 0 saturated heterocycles. The lowest BCUT2D eigenvalue weighted by Crippen LogP contribution is -2.51. The van der Waals surface area contributed by atoms with E-state index in [-0.39, 0.29) is 0 Å². The molecule has 1 aromatic rings. The van der Waals surface area contributed by atoms with Gasteiger partial charge in [-0.1, -0.05) is 0 Å². The summed E-state index contributed by atoms with van der Waals surface area (Å²) in [5, 5.41) is 0.801. The van der Waals surface area contributed by atoms with E-state index in [2.05, 4.69) is 20.9 Å². The molecule has 1 heterocycles. The zero-order valence-electron chi connectivity index (χ0n) is 8.24. The molecule has 0 bridgehead atoms. The number of carbonyl (C=O) groups is 1. The van der Waals surface area contributed by atoms with E-state index in [4.69, 9.17) is 11.5 Å². The molecule has 0 aliphatic rings. The average molecular weight is 290 g/mol. The number of thioether (sulfide) groups is 1. The van der Waals surface area contributed by atoms with Crippen LogP contribution in [0.1, 0.15) is 6.92 Å². The molecule has 4 nitrogen and oxygen atoms in total. The van der Waals surface area contributed by atoms with Crippen LogP contribution in [0.25, 0.3) is 0 Å². The summed E-state index contributed by atoms with van der Waals surface area (Å²) in [5.41, 5.74) is 9.87. The summed E-state index contributed by atoms with van der Waals surface area (Å²) in [6.45, 7) is 1.61.